The molecular weight excluding hydrogens is 586 g/mol. The maximum Gasteiger partial charge on any atom is 0.421 e. The second-order valence-corrected chi connectivity index (χ2v) is 12.7. The molecule has 1 aliphatic carbocycles. The van der Waals surface area contributed by atoms with E-state index in [4.69, 9.17) is 9.47 Å². The van der Waals surface area contributed by atoms with E-state index in [1.54, 1.807) is 78.0 Å². The fraction of sp³-hybridized carbons (Fsp3) is 0.419. The summed E-state index contributed by atoms with van der Waals surface area (Å²) >= 11 is 0. The summed E-state index contributed by atoms with van der Waals surface area (Å²) in [5, 5.41) is 26.7. The van der Waals surface area contributed by atoms with E-state index in [1.807, 2.05) is 0 Å². The number of nitro benzene ring substituents is 2. The normalized spacial score (nSPS) is 21.1. The van der Waals surface area contributed by atoms with Gasteiger partial charge in [0.15, 0.2) is 0 Å². The number of hydrogen-bond donors (Lipinski definition) is 1. The predicted molar refractivity (Wildman–Crippen MR) is 165 cm³/mol. The fourth-order valence-corrected chi connectivity index (χ4v) is 5.67. The molecule has 0 saturated heterocycles. The third-order valence-electron chi connectivity index (χ3n) is 7.31. The highest BCUT2D eigenvalue weighted by atomic mass is 16.6. The molecule has 3 atom stereocenters. The minimum atomic E-state index is -1.57. The van der Waals surface area contributed by atoms with Gasteiger partial charge >= 0.3 is 17.7 Å². The number of non-ortho nitro benzene ring substituents is 1. The highest BCUT2D eigenvalue weighted by molar-refractivity contribution is 6.22. The maximum atomic E-state index is 14.6. The topological polar surface area (TPSA) is 184 Å². The van der Waals surface area contributed by atoms with Crippen molar-refractivity contribution in [3.05, 3.63) is 80.4 Å². The second-order valence-electron chi connectivity index (χ2n) is 12.7. The first-order chi connectivity index (χ1) is 21.0. The summed E-state index contributed by atoms with van der Waals surface area (Å²) in [6.07, 6.45) is 4.30. The number of esters is 1. The van der Waals surface area contributed by atoms with Crippen molar-refractivity contribution in [1.29, 1.82) is 0 Å². The first-order valence-corrected chi connectivity index (χ1v) is 14.2. The number of fused-ring (bicyclic) bond motifs is 2. The number of imide groups is 1. The molecule has 0 bridgehead atoms. The molecule has 0 radical (unpaired) electrons. The zero-order valence-electron chi connectivity index (χ0n) is 25.8. The van der Waals surface area contributed by atoms with Crippen LogP contribution in [-0.2, 0) is 24.5 Å². The molecule has 1 N–H and O–H groups in total. The molecule has 14 heteroatoms. The van der Waals surface area contributed by atoms with Crippen LogP contribution in [0.5, 0.6) is 0 Å². The van der Waals surface area contributed by atoms with Gasteiger partial charge in [0.1, 0.15) is 16.9 Å². The van der Waals surface area contributed by atoms with Gasteiger partial charge in [0.05, 0.1) is 32.9 Å². The van der Waals surface area contributed by atoms with E-state index in [2.05, 4.69) is 10.5 Å². The average Bonchev–Trinajstić information content (AvgIpc) is 3.18. The van der Waals surface area contributed by atoms with Crippen molar-refractivity contribution in [2.75, 3.05) is 10.3 Å². The molecule has 1 spiro atoms. The molecule has 0 aromatic heterocycles. The van der Waals surface area contributed by atoms with Crippen LogP contribution in [-0.4, -0.2) is 45.2 Å². The molecule has 14 nitrogen and oxygen atoms in total. The third-order valence-corrected chi connectivity index (χ3v) is 7.31. The van der Waals surface area contributed by atoms with E-state index in [-0.39, 0.29) is 18.5 Å². The third kappa shape index (κ3) is 6.54. The van der Waals surface area contributed by atoms with Crippen molar-refractivity contribution in [1.82, 2.24) is 0 Å². The molecule has 238 valence electrons. The van der Waals surface area contributed by atoms with Crippen LogP contribution in [0.25, 0.3) is 0 Å². The predicted octanol–water partition coefficient (Wildman–Crippen LogP) is 6.04. The number of carbonyl (C=O) groups is 3. The monoisotopic (exact) mass is 621 g/mol. The van der Waals surface area contributed by atoms with Gasteiger partial charge in [-0.15, -0.1) is 0 Å². The summed E-state index contributed by atoms with van der Waals surface area (Å²) in [6, 6.07) is 9.83. The van der Waals surface area contributed by atoms with Gasteiger partial charge in [0.25, 0.3) is 5.69 Å². The number of benzene rings is 2. The number of para-hydroxylation sites is 1. The summed E-state index contributed by atoms with van der Waals surface area (Å²) in [5.41, 5.74) is -1.12. The van der Waals surface area contributed by atoms with Crippen molar-refractivity contribution in [3.63, 3.8) is 0 Å². The Kier molecular flexibility index (Phi) is 8.81. The lowest BCUT2D eigenvalue weighted by atomic mass is 9.58. The first kappa shape index (κ1) is 32.8. The number of hydrazone groups is 1. The second kappa shape index (κ2) is 12.1. The highest BCUT2D eigenvalue weighted by Gasteiger charge is 2.64. The quantitative estimate of drug-likeness (QED) is 0.126. The molecular formula is C31H35N5O9. The van der Waals surface area contributed by atoms with Crippen LogP contribution in [0.3, 0.4) is 0 Å². The van der Waals surface area contributed by atoms with Crippen LogP contribution in [0, 0.1) is 32.1 Å². The number of carbonyl (C=O) groups excluding carboxylic acids is 3. The lowest BCUT2D eigenvalue weighted by Gasteiger charge is -2.42. The molecule has 2 aliphatic rings. The zero-order valence-corrected chi connectivity index (χ0v) is 25.8. The molecule has 2 amide bonds. The molecule has 0 unspecified atom stereocenters. The van der Waals surface area contributed by atoms with Crippen LogP contribution in [0.4, 0.5) is 27.5 Å². The Hall–Kier alpha value is -5.14. The number of rotatable bonds is 7. The van der Waals surface area contributed by atoms with Crippen LogP contribution in [0.15, 0.2) is 59.7 Å². The van der Waals surface area contributed by atoms with Crippen LogP contribution >= 0.6 is 0 Å². The Labute approximate surface area is 259 Å². The number of allylic oxidation sites excluding steroid dienone is 2. The number of anilines is 2. The first-order valence-electron chi connectivity index (χ1n) is 14.2. The van der Waals surface area contributed by atoms with Crippen molar-refractivity contribution < 1.29 is 33.7 Å². The minimum Gasteiger partial charge on any atom is -0.460 e. The Balaban J connectivity index is 1.76. The van der Waals surface area contributed by atoms with Gasteiger partial charge < -0.3 is 9.47 Å². The lowest BCUT2D eigenvalue weighted by Crippen LogP contribution is -2.56. The lowest BCUT2D eigenvalue weighted by molar-refractivity contribution is -0.393. The van der Waals surface area contributed by atoms with Crippen molar-refractivity contribution in [2.45, 2.75) is 71.0 Å². The van der Waals surface area contributed by atoms with E-state index in [0.29, 0.717) is 11.3 Å². The van der Waals surface area contributed by atoms with Crippen molar-refractivity contribution in [2.24, 2.45) is 16.9 Å². The summed E-state index contributed by atoms with van der Waals surface area (Å²) in [6.45, 7) is 10.2. The summed E-state index contributed by atoms with van der Waals surface area (Å²) in [5.74, 6) is -2.97. The van der Waals surface area contributed by atoms with E-state index in [1.165, 1.54) is 12.3 Å². The molecule has 4 rings (SSSR count). The van der Waals surface area contributed by atoms with Gasteiger partial charge in [-0.25, -0.2) is 9.69 Å². The minimum absolute atomic E-state index is 0.0613. The van der Waals surface area contributed by atoms with E-state index < -0.39 is 67.6 Å². The number of nitro groups is 2. The van der Waals surface area contributed by atoms with Crippen LogP contribution < -0.4 is 10.3 Å². The van der Waals surface area contributed by atoms with Crippen molar-refractivity contribution >= 4 is 46.9 Å². The Bertz CT molecular complexity index is 1610. The number of ether oxygens (including phenoxy) is 2. The molecule has 2 aromatic carbocycles. The smallest absolute Gasteiger partial charge is 0.421 e. The summed E-state index contributed by atoms with van der Waals surface area (Å²) < 4.78 is 11.4. The zero-order chi connectivity index (χ0) is 33.3. The Morgan fingerprint density at radius 1 is 1.04 bits per heavy atom. The SMILES string of the molecule is CC(C)(C)OC(=O)[C@H]1CC=C[C@H](C/C=N/Nc2ccc([N+](=O)[O-])cc2[N+](=O)[O-])[C@]12C(=O)N(C(=O)OC(C)(C)C)c1ccccc12. The van der Waals surface area contributed by atoms with E-state index in [9.17, 15) is 34.6 Å². The molecule has 1 aliphatic heterocycles. The Morgan fingerprint density at radius 2 is 1.71 bits per heavy atom. The molecule has 0 fully saturated rings. The maximum absolute atomic E-state index is 14.6. The molecule has 1 heterocycles. The molecule has 2 aromatic rings. The van der Waals surface area contributed by atoms with E-state index >= 15 is 0 Å². The number of hydrogen-bond acceptors (Lipinski definition) is 11. The van der Waals surface area contributed by atoms with Gasteiger partial charge in [-0.3, -0.25) is 35.2 Å². The van der Waals surface area contributed by atoms with Crippen LogP contribution in [0.2, 0.25) is 0 Å². The van der Waals surface area contributed by atoms with Gasteiger partial charge in [-0.1, -0.05) is 30.4 Å². The number of nitrogens with one attached hydrogen (secondary N) is 1. The largest absolute Gasteiger partial charge is 0.460 e. The number of amides is 2. The van der Waals surface area contributed by atoms with Gasteiger partial charge in [-0.05, 0) is 72.1 Å². The van der Waals surface area contributed by atoms with Crippen LogP contribution in [0.1, 0.15) is 59.9 Å². The van der Waals surface area contributed by atoms with Gasteiger partial charge in [0.2, 0.25) is 5.91 Å². The number of nitrogens with zero attached hydrogens (tertiary/aromatic N) is 4. The van der Waals surface area contributed by atoms with Gasteiger partial charge in [0, 0.05) is 18.2 Å². The molecule has 0 saturated carbocycles. The molecule has 45 heavy (non-hydrogen) atoms. The fourth-order valence-electron chi connectivity index (χ4n) is 5.67. The highest BCUT2D eigenvalue weighted by Crippen LogP contribution is 2.55. The van der Waals surface area contributed by atoms with Crippen molar-refractivity contribution in [3.8, 4) is 0 Å². The summed E-state index contributed by atoms with van der Waals surface area (Å²) in [4.78, 5) is 63.9. The summed E-state index contributed by atoms with van der Waals surface area (Å²) in [7, 11) is 0. The Morgan fingerprint density at radius 3 is 2.33 bits per heavy atom. The van der Waals surface area contributed by atoms with E-state index in [0.717, 1.165) is 17.0 Å². The van der Waals surface area contributed by atoms with Gasteiger partial charge in [-0.2, -0.15) is 5.10 Å². The standard InChI is InChI=1S/C31H35N5O9/c1-29(2,3)44-26(37)22-12-9-10-19(16-17-32-33-23-15-14-20(35(40)41)18-25(23)36(42)43)31(22)21-11-7-8-13-24(21)34(27(31)38)28(39)45-30(4,5)6/h7-11,13-15,17-19,22,33H,12,16H2,1-6H3/b32-17+/t19-,22-,31-/m1/s1. The average molecular weight is 622 g/mol.